The number of carboxylic acids is 1. The summed E-state index contributed by atoms with van der Waals surface area (Å²) >= 11 is 0. The van der Waals surface area contributed by atoms with Crippen LogP contribution in [0.15, 0.2) is 66.7 Å². The van der Waals surface area contributed by atoms with Crippen molar-refractivity contribution in [2.45, 2.75) is 39.5 Å². The number of hydrogen-bond donors (Lipinski definition) is 2. The zero-order chi connectivity index (χ0) is 24.7. The van der Waals surface area contributed by atoms with E-state index in [1.54, 1.807) is 69.3 Å². The summed E-state index contributed by atoms with van der Waals surface area (Å²) in [6.07, 6.45) is -0.509. The van der Waals surface area contributed by atoms with Crippen molar-refractivity contribution in [3.63, 3.8) is 0 Å². The van der Waals surface area contributed by atoms with E-state index in [1.165, 1.54) is 0 Å². The molecule has 0 bridgehead atoms. The number of carbonyl (C=O) groups excluding carboxylic acids is 1. The molecule has 3 aromatic rings. The van der Waals surface area contributed by atoms with Crippen molar-refractivity contribution in [3.05, 3.63) is 89.0 Å². The van der Waals surface area contributed by atoms with E-state index < -0.39 is 17.7 Å². The molecule has 0 radical (unpaired) electrons. The molecule has 7 nitrogen and oxygen atoms in total. The summed E-state index contributed by atoms with van der Waals surface area (Å²) in [6.45, 7) is 5.71. The summed E-state index contributed by atoms with van der Waals surface area (Å²) < 4.78 is 11.1. The monoisotopic (exact) mass is 458 g/mol. The average Bonchev–Trinajstić information content (AvgIpc) is 2.80. The van der Waals surface area contributed by atoms with Crippen molar-refractivity contribution in [1.29, 1.82) is 5.26 Å². The Morgan fingerprint density at radius 3 is 2.44 bits per heavy atom. The fraction of sp³-hybridized carbons (Fsp3) is 0.222. The molecule has 0 saturated heterocycles. The first-order valence-corrected chi connectivity index (χ1v) is 10.7. The van der Waals surface area contributed by atoms with Crippen LogP contribution >= 0.6 is 0 Å². The van der Waals surface area contributed by atoms with Crippen LogP contribution in [0.4, 0.5) is 4.79 Å². The first-order chi connectivity index (χ1) is 16.1. The number of benzene rings is 3. The third-order valence-corrected chi connectivity index (χ3v) is 4.79. The van der Waals surface area contributed by atoms with Crippen LogP contribution in [-0.4, -0.2) is 22.8 Å². The van der Waals surface area contributed by atoms with Crippen molar-refractivity contribution < 1.29 is 24.2 Å². The van der Waals surface area contributed by atoms with Gasteiger partial charge in [-0.15, -0.1) is 0 Å². The third kappa shape index (κ3) is 6.84. The predicted octanol–water partition coefficient (Wildman–Crippen LogP) is 5.53. The zero-order valence-corrected chi connectivity index (χ0v) is 19.3. The minimum Gasteiger partial charge on any atom is -0.489 e. The minimum atomic E-state index is -1.06. The fourth-order valence-corrected chi connectivity index (χ4v) is 3.24. The predicted molar refractivity (Wildman–Crippen MR) is 127 cm³/mol. The molecule has 0 aliphatic carbocycles. The highest BCUT2D eigenvalue weighted by atomic mass is 16.6. The number of ether oxygens (including phenoxy) is 2. The van der Waals surface area contributed by atoms with Gasteiger partial charge in [-0.3, -0.25) is 0 Å². The molecule has 34 heavy (non-hydrogen) atoms. The van der Waals surface area contributed by atoms with Crippen LogP contribution in [0.25, 0.3) is 11.1 Å². The van der Waals surface area contributed by atoms with E-state index >= 15 is 0 Å². The van der Waals surface area contributed by atoms with E-state index in [-0.39, 0.29) is 18.7 Å². The molecular weight excluding hydrogens is 432 g/mol. The molecule has 1 amide bonds. The van der Waals surface area contributed by atoms with Crippen molar-refractivity contribution in [2.24, 2.45) is 0 Å². The molecule has 0 saturated carbocycles. The topological polar surface area (TPSA) is 109 Å². The largest absolute Gasteiger partial charge is 0.489 e. The van der Waals surface area contributed by atoms with Gasteiger partial charge in [0, 0.05) is 12.1 Å². The number of nitrogens with one attached hydrogen (secondary N) is 1. The van der Waals surface area contributed by atoms with Gasteiger partial charge in [0.1, 0.15) is 18.0 Å². The lowest BCUT2D eigenvalue weighted by molar-refractivity contribution is 0.0523. The summed E-state index contributed by atoms with van der Waals surface area (Å²) in [5, 5.41) is 21.5. The lowest BCUT2D eigenvalue weighted by atomic mass is 9.98. The van der Waals surface area contributed by atoms with E-state index in [2.05, 4.69) is 11.4 Å². The highest BCUT2D eigenvalue weighted by Gasteiger charge is 2.16. The van der Waals surface area contributed by atoms with Crippen LogP contribution in [0, 0.1) is 11.3 Å². The first kappa shape index (κ1) is 24.3. The Morgan fingerprint density at radius 1 is 1.00 bits per heavy atom. The standard InChI is InChI=1S/C27H26N2O5/c1-27(2,3)34-26(32)29-16-19-7-5-9-23(13-19)33-17-22-11-10-21(14-24(22)25(30)31)20-8-4-6-18(12-20)15-28/h4-14H,16-17H2,1-3H3,(H,29,32)(H,30,31). The molecule has 174 valence electrons. The fourth-order valence-electron chi connectivity index (χ4n) is 3.24. The lowest BCUT2D eigenvalue weighted by Gasteiger charge is -2.19. The number of nitrogens with zero attached hydrogens (tertiary/aromatic N) is 1. The number of alkyl carbamates (subject to hydrolysis) is 1. The first-order valence-electron chi connectivity index (χ1n) is 10.7. The van der Waals surface area contributed by atoms with Crippen molar-refractivity contribution in [3.8, 4) is 22.9 Å². The van der Waals surface area contributed by atoms with E-state index in [1.807, 2.05) is 18.2 Å². The molecule has 0 aromatic heterocycles. The maximum atomic E-state index is 11.9. The number of hydrogen-bond acceptors (Lipinski definition) is 5. The van der Waals surface area contributed by atoms with E-state index in [9.17, 15) is 14.7 Å². The van der Waals surface area contributed by atoms with E-state index in [4.69, 9.17) is 14.7 Å². The van der Waals surface area contributed by atoms with E-state index in [0.717, 1.165) is 11.1 Å². The highest BCUT2D eigenvalue weighted by Crippen LogP contribution is 2.25. The molecule has 0 fully saturated rings. The van der Waals surface area contributed by atoms with Gasteiger partial charge in [0.2, 0.25) is 0 Å². The van der Waals surface area contributed by atoms with Crippen molar-refractivity contribution in [1.82, 2.24) is 5.32 Å². The number of carboxylic acid groups (broad SMARTS) is 1. The van der Waals surface area contributed by atoms with Gasteiger partial charge in [0.25, 0.3) is 0 Å². The molecule has 3 rings (SSSR count). The maximum Gasteiger partial charge on any atom is 0.407 e. The second-order valence-electron chi connectivity index (χ2n) is 8.66. The van der Waals surface area contributed by atoms with Crippen LogP contribution in [-0.2, 0) is 17.9 Å². The zero-order valence-electron chi connectivity index (χ0n) is 19.3. The highest BCUT2D eigenvalue weighted by molar-refractivity contribution is 5.91. The van der Waals surface area contributed by atoms with Gasteiger partial charge >= 0.3 is 12.1 Å². The summed E-state index contributed by atoms with van der Waals surface area (Å²) in [7, 11) is 0. The Balaban J connectivity index is 1.70. The van der Waals surface area contributed by atoms with Gasteiger partial charge in [-0.05, 0) is 67.8 Å². The quantitative estimate of drug-likeness (QED) is 0.482. The Hall–Kier alpha value is -4.31. The average molecular weight is 459 g/mol. The van der Waals surface area contributed by atoms with Crippen LogP contribution in [0.5, 0.6) is 5.75 Å². The van der Waals surface area contributed by atoms with Gasteiger partial charge in [-0.2, -0.15) is 5.26 Å². The molecule has 0 atom stereocenters. The number of aromatic carboxylic acids is 1. The molecule has 0 unspecified atom stereocenters. The normalized spacial score (nSPS) is 10.8. The van der Waals surface area contributed by atoms with Crippen molar-refractivity contribution in [2.75, 3.05) is 0 Å². The van der Waals surface area contributed by atoms with Crippen LogP contribution < -0.4 is 10.1 Å². The second-order valence-corrected chi connectivity index (χ2v) is 8.66. The molecule has 0 spiro atoms. The van der Waals surface area contributed by atoms with Gasteiger partial charge in [-0.1, -0.05) is 36.4 Å². The molecule has 0 heterocycles. The van der Waals surface area contributed by atoms with Crippen LogP contribution in [0.1, 0.15) is 47.8 Å². The number of nitriles is 1. The van der Waals surface area contributed by atoms with Crippen LogP contribution in [0.3, 0.4) is 0 Å². The Labute approximate surface area is 198 Å². The van der Waals surface area contributed by atoms with Crippen molar-refractivity contribution >= 4 is 12.1 Å². The molecule has 3 aromatic carbocycles. The Morgan fingerprint density at radius 2 is 1.74 bits per heavy atom. The van der Waals surface area contributed by atoms with Crippen LogP contribution in [0.2, 0.25) is 0 Å². The lowest BCUT2D eigenvalue weighted by Crippen LogP contribution is -2.32. The second kappa shape index (κ2) is 10.5. The van der Waals surface area contributed by atoms with Gasteiger partial charge in [0.15, 0.2) is 0 Å². The summed E-state index contributed by atoms with van der Waals surface area (Å²) in [6, 6.07) is 21.4. The van der Waals surface area contributed by atoms with Gasteiger partial charge in [-0.25, -0.2) is 9.59 Å². The summed E-state index contributed by atoms with van der Waals surface area (Å²) in [4.78, 5) is 23.7. The smallest absolute Gasteiger partial charge is 0.407 e. The number of rotatable bonds is 7. The summed E-state index contributed by atoms with van der Waals surface area (Å²) in [5.41, 5.74) is 2.85. The number of carbonyl (C=O) groups is 2. The maximum absolute atomic E-state index is 11.9. The SMILES string of the molecule is CC(C)(C)OC(=O)NCc1cccc(OCc2ccc(-c3cccc(C#N)c3)cc2C(=O)O)c1. The van der Waals surface area contributed by atoms with Gasteiger partial charge in [0.05, 0.1) is 17.2 Å². The molecule has 0 aliphatic heterocycles. The van der Waals surface area contributed by atoms with Gasteiger partial charge < -0.3 is 19.9 Å². The minimum absolute atomic E-state index is 0.0586. The molecule has 0 aliphatic rings. The third-order valence-electron chi connectivity index (χ3n) is 4.79. The Bertz CT molecular complexity index is 1240. The summed E-state index contributed by atoms with van der Waals surface area (Å²) in [5.74, 6) is -0.516. The number of amides is 1. The van der Waals surface area contributed by atoms with E-state index in [0.29, 0.717) is 22.4 Å². The Kier molecular flexibility index (Phi) is 7.54. The molecule has 2 N–H and O–H groups in total. The molecule has 7 heteroatoms. The molecular formula is C27H26N2O5.